The highest BCUT2D eigenvalue weighted by atomic mass is 16.2. The first-order valence-corrected chi connectivity index (χ1v) is 9.83. The van der Waals surface area contributed by atoms with E-state index < -0.39 is 0 Å². The Hall–Kier alpha value is -2.57. The van der Waals surface area contributed by atoms with Gasteiger partial charge in [-0.15, -0.1) is 0 Å². The van der Waals surface area contributed by atoms with Crippen molar-refractivity contribution in [2.75, 3.05) is 6.54 Å². The molecule has 0 spiro atoms. The Morgan fingerprint density at radius 2 is 2.00 bits per heavy atom. The zero-order valence-corrected chi connectivity index (χ0v) is 16.1. The van der Waals surface area contributed by atoms with Crippen LogP contribution in [0.25, 0.3) is 11.0 Å². The molecule has 1 saturated carbocycles. The van der Waals surface area contributed by atoms with E-state index in [1.807, 2.05) is 24.5 Å². The lowest BCUT2D eigenvalue weighted by atomic mass is 9.96. The van der Waals surface area contributed by atoms with Crippen LogP contribution in [0.3, 0.4) is 0 Å². The van der Waals surface area contributed by atoms with E-state index in [0.29, 0.717) is 24.7 Å². The third kappa shape index (κ3) is 5.21. The maximum Gasteiger partial charge on any atom is 0.315 e. The number of imidazole rings is 1. The highest BCUT2D eigenvalue weighted by Crippen LogP contribution is 2.17. The van der Waals surface area contributed by atoms with Crippen molar-refractivity contribution >= 4 is 23.0 Å². The molecule has 0 radical (unpaired) electrons. The molecule has 1 aliphatic carbocycles. The van der Waals surface area contributed by atoms with Crippen LogP contribution in [0.1, 0.15) is 56.3 Å². The zero-order valence-electron chi connectivity index (χ0n) is 16.1. The fourth-order valence-corrected chi connectivity index (χ4v) is 3.50. The number of rotatable bonds is 6. The van der Waals surface area contributed by atoms with Crippen molar-refractivity contribution in [2.24, 2.45) is 0 Å². The minimum atomic E-state index is -0.0982. The van der Waals surface area contributed by atoms with E-state index >= 15 is 0 Å². The smallest absolute Gasteiger partial charge is 0.315 e. The molecule has 27 heavy (non-hydrogen) atoms. The molecule has 1 fully saturated rings. The summed E-state index contributed by atoms with van der Waals surface area (Å²) in [6, 6.07) is 5.81. The Morgan fingerprint density at radius 1 is 1.22 bits per heavy atom. The maximum atomic E-state index is 12.1. The molecular weight excluding hydrogens is 342 g/mol. The van der Waals surface area contributed by atoms with Gasteiger partial charge in [0, 0.05) is 30.7 Å². The average Bonchev–Trinajstić information content (AvgIpc) is 3.04. The SMILES string of the molecule is CC(C)NC(=O)c1ccc2c(c1)ncn2CCNC(=O)NC1CCCCC1. The van der Waals surface area contributed by atoms with E-state index in [0.717, 1.165) is 23.9 Å². The minimum Gasteiger partial charge on any atom is -0.350 e. The summed E-state index contributed by atoms with van der Waals surface area (Å²) >= 11 is 0. The van der Waals surface area contributed by atoms with Crippen molar-refractivity contribution < 1.29 is 9.59 Å². The van der Waals surface area contributed by atoms with Gasteiger partial charge < -0.3 is 20.5 Å². The quantitative estimate of drug-likeness (QED) is 0.729. The van der Waals surface area contributed by atoms with Crippen molar-refractivity contribution in [3.63, 3.8) is 0 Å². The third-order valence-corrected chi connectivity index (χ3v) is 4.88. The van der Waals surface area contributed by atoms with Gasteiger partial charge in [-0.3, -0.25) is 4.79 Å². The van der Waals surface area contributed by atoms with E-state index in [1.54, 1.807) is 18.5 Å². The number of nitrogens with one attached hydrogen (secondary N) is 3. The summed E-state index contributed by atoms with van der Waals surface area (Å²) in [4.78, 5) is 28.5. The lowest BCUT2D eigenvalue weighted by Crippen LogP contribution is -2.43. The van der Waals surface area contributed by atoms with Gasteiger partial charge in [0.2, 0.25) is 0 Å². The van der Waals surface area contributed by atoms with Crippen molar-refractivity contribution in [3.8, 4) is 0 Å². The largest absolute Gasteiger partial charge is 0.350 e. The summed E-state index contributed by atoms with van der Waals surface area (Å²) in [5.74, 6) is -0.0949. The summed E-state index contributed by atoms with van der Waals surface area (Å²) in [6.45, 7) is 5.02. The molecule has 7 nitrogen and oxygen atoms in total. The number of hydrogen-bond donors (Lipinski definition) is 3. The first-order valence-electron chi connectivity index (χ1n) is 9.83. The van der Waals surface area contributed by atoms with Crippen LogP contribution < -0.4 is 16.0 Å². The Morgan fingerprint density at radius 3 is 2.74 bits per heavy atom. The minimum absolute atomic E-state index is 0.0941. The van der Waals surface area contributed by atoms with E-state index in [-0.39, 0.29) is 18.0 Å². The summed E-state index contributed by atoms with van der Waals surface area (Å²) in [5.41, 5.74) is 2.33. The normalized spacial score (nSPS) is 15.1. The summed E-state index contributed by atoms with van der Waals surface area (Å²) < 4.78 is 1.99. The highest BCUT2D eigenvalue weighted by molar-refractivity contribution is 5.97. The second-order valence-electron chi connectivity index (χ2n) is 7.50. The molecular formula is C20H29N5O2. The predicted molar refractivity (Wildman–Crippen MR) is 106 cm³/mol. The molecule has 3 amide bonds. The summed E-state index contributed by atoms with van der Waals surface area (Å²) in [6.07, 6.45) is 7.56. The van der Waals surface area contributed by atoms with Gasteiger partial charge in [0.15, 0.2) is 0 Å². The van der Waals surface area contributed by atoms with Crippen LogP contribution in [-0.2, 0) is 6.54 Å². The van der Waals surface area contributed by atoms with Crippen molar-refractivity contribution in [1.29, 1.82) is 0 Å². The number of fused-ring (bicyclic) bond motifs is 1. The van der Waals surface area contributed by atoms with Gasteiger partial charge >= 0.3 is 6.03 Å². The van der Waals surface area contributed by atoms with E-state index in [1.165, 1.54) is 19.3 Å². The molecule has 0 atom stereocenters. The molecule has 1 aromatic carbocycles. The van der Waals surface area contributed by atoms with Crippen LogP contribution in [-0.4, -0.2) is 40.1 Å². The molecule has 0 saturated heterocycles. The van der Waals surface area contributed by atoms with Gasteiger partial charge in [0.25, 0.3) is 5.91 Å². The number of aromatic nitrogens is 2. The predicted octanol–water partition coefficient (Wildman–Crippen LogP) is 2.81. The second kappa shape index (κ2) is 8.88. The molecule has 0 unspecified atom stereocenters. The summed E-state index contributed by atoms with van der Waals surface area (Å²) in [5, 5.41) is 8.86. The van der Waals surface area contributed by atoms with E-state index in [2.05, 4.69) is 20.9 Å². The number of amides is 3. The fourth-order valence-electron chi connectivity index (χ4n) is 3.50. The first kappa shape index (κ1) is 19.2. The molecule has 1 aromatic heterocycles. The molecule has 3 rings (SSSR count). The number of urea groups is 1. The second-order valence-corrected chi connectivity index (χ2v) is 7.50. The topological polar surface area (TPSA) is 88.1 Å². The fraction of sp³-hybridized carbons (Fsp3) is 0.550. The molecule has 0 bridgehead atoms. The van der Waals surface area contributed by atoms with Crippen LogP contribution in [0.4, 0.5) is 4.79 Å². The number of carbonyl (C=O) groups is 2. The van der Waals surface area contributed by atoms with Gasteiger partial charge in [0.1, 0.15) is 0 Å². The van der Waals surface area contributed by atoms with Gasteiger partial charge in [-0.1, -0.05) is 19.3 Å². The van der Waals surface area contributed by atoms with Crippen molar-refractivity contribution in [2.45, 2.75) is 64.6 Å². The van der Waals surface area contributed by atoms with Crippen LogP contribution in [0.5, 0.6) is 0 Å². The van der Waals surface area contributed by atoms with Gasteiger partial charge in [-0.25, -0.2) is 9.78 Å². The number of carbonyl (C=O) groups excluding carboxylic acids is 2. The molecule has 1 aliphatic rings. The van der Waals surface area contributed by atoms with Crippen LogP contribution in [0.15, 0.2) is 24.5 Å². The molecule has 1 heterocycles. The van der Waals surface area contributed by atoms with Crippen LogP contribution in [0, 0.1) is 0 Å². The summed E-state index contributed by atoms with van der Waals surface area (Å²) in [7, 11) is 0. The van der Waals surface area contributed by atoms with Gasteiger partial charge in [-0.2, -0.15) is 0 Å². The lowest BCUT2D eigenvalue weighted by Gasteiger charge is -2.22. The molecule has 146 valence electrons. The maximum absolute atomic E-state index is 12.1. The van der Waals surface area contributed by atoms with Crippen molar-refractivity contribution in [3.05, 3.63) is 30.1 Å². The monoisotopic (exact) mass is 371 g/mol. The average molecular weight is 371 g/mol. The third-order valence-electron chi connectivity index (χ3n) is 4.88. The standard InChI is InChI=1S/C20H29N5O2/c1-14(2)23-19(26)15-8-9-18-17(12-15)22-13-25(18)11-10-21-20(27)24-16-6-4-3-5-7-16/h8-9,12-14,16H,3-7,10-11H2,1-2H3,(H,23,26)(H2,21,24,27). The van der Waals surface area contributed by atoms with Crippen molar-refractivity contribution in [1.82, 2.24) is 25.5 Å². The van der Waals surface area contributed by atoms with E-state index in [9.17, 15) is 9.59 Å². The van der Waals surface area contributed by atoms with Gasteiger partial charge in [-0.05, 0) is 44.9 Å². The molecule has 0 aliphatic heterocycles. The Bertz CT molecular complexity index is 793. The zero-order chi connectivity index (χ0) is 19.2. The molecule has 3 N–H and O–H groups in total. The van der Waals surface area contributed by atoms with E-state index in [4.69, 9.17) is 0 Å². The molecule has 7 heteroatoms. The first-order chi connectivity index (χ1) is 13.0. The van der Waals surface area contributed by atoms with Crippen LogP contribution in [0.2, 0.25) is 0 Å². The number of hydrogen-bond acceptors (Lipinski definition) is 3. The van der Waals surface area contributed by atoms with Gasteiger partial charge in [0.05, 0.1) is 17.4 Å². The Balaban J connectivity index is 1.53. The lowest BCUT2D eigenvalue weighted by molar-refractivity contribution is 0.0943. The highest BCUT2D eigenvalue weighted by Gasteiger charge is 2.15. The number of nitrogens with zero attached hydrogens (tertiary/aromatic N) is 2. The Labute approximate surface area is 159 Å². The molecule has 2 aromatic rings. The Kier molecular flexibility index (Phi) is 6.32. The number of benzene rings is 1. The van der Waals surface area contributed by atoms with Crippen LogP contribution >= 0.6 is 0 Å².